The molecular weight excluding hydrogens is 372 g/mol. The highest BCUT2D eigenvalue weighted by atomic mass is 16.5. The van der Waals surface area contributed by atoms with Crippen LogP contribution in [0, 0.1) is 6.92 Å². The Labute approximate surface area is 176 Å². The Kier molecular flexibility index (Phi) is 6.20. The van der Waals surface area contributed by atoms with Crippen LogP contribution < -0.4 is 15.4 Å². The van der Waals surface area contributed by atoms with Gasteiger partial charge in [0.05, 0.1) is 0 Å². The van der Waals surface area contributed by atoms with Gasteiger partial charge in [0.1, 0.15) is 18.2 Å². The van der Waals surface area contributed by atoms with E-state index in [4.69, 9.17) is 4.74 Å². The number of nitrogens with one attached hydrogen (secondary N) is 2. The first-order chi connectivity index (χ1) is 14.7. The van der Waals surface area contributed by atoms with Crippen molar-refractivity contribution in [3.05, 3.63) is 108 Å². The summed E-state index contributed by atoms with van der Waals surface area (Å²) in [5.74, 6) is 2.14. The molecule has 1 heterocycles. The summed E-state index contributed by atoms with van der Waals surface area (Å²) in [5, 5.41) is 6.57. The second kappa shape index (κ2) is 9.56. The number of anilines is 3. The summed E-state index contributed by atoms with van der Waals surface area (Å²) in [7, 11) is 0. The minimum absolute atomic E-state index is 0.543. The molecule has 0 atom stereocenters. The Morgan fingerprint density at radius 3 is 2.33 bits per heavy atom. The molecule has 0 amide bonds. The third-order valence-electron chi connectivity index (χ3n) is 4.61. The first-order valence-electron chi connectivity index (χ1n) is 9.91. The molecule has 2 N–H and O–H groups in total. The molecule has 0 radical (unpaired) electrons. The number of nitrogens with zero attached hydrogens (tertiary/aromatic N) is 2. The molecule has 0 spiro atoms. The molecule has 0 saturated heterocycles. The molecule has 0 bridgehead atoms. The highest BCUT2D eigenvalue weighted by Gasteiger charge is 2.02. The monoisotopic (exact) mass is 396 g/mol. The predicted molar refractivity (Wildman–Crippen MR) is 121 cm³/mol. The van der Waals surface area contributed by atoms with E-state index in [9.17, 15) is 0 Å². The molecule has 0 aliphatic rings. The maximum Gasteiger partial charge on any atom is 0.229 e. The van der Waals surface area contributed by atoms with Crippen LogP contribution in [0.15, 0.2) is 91.1 Å². The molecule has 0 aliphatic carbocycles. The van der Waals surface area contributed by atoms with E-state index in [0.29, 0.717) is 19.1 Å². The van der Waals surface area contributed by atoms with Gasteiger partial charge in [0.15, 0.2) is 0 Å². The first-order valence-corrected chi connectivity index (χ1v) is 9.91. The fourth-order valence-electron chi connectivity index (χ4n) is 2.92. The van der Waals surface area contributed by atoms with Crippen LogP contribution in [0.25, 0.3) is 0 Å². The van der Waals surface area contributed by atoms with Crippen LogP contribution in [0.2, 0.25) is 0 Å². The van der Waals surface area contributed by atoms with Crippen molar-refractivity contribution in [3.8, 4) is 5.75 Å². The number of ether oxygens (including phenoxy) is 1. The number of rotatable bonds is 8. The summed E-state index contributed by atoms with van der Waals surface area (Å²) in [6.45, 7) is 3.34. The summed E-state index contributed by atoms with van der Waals surface area (Å²) in [5.41, 5.74) is 4.50. The Balaban J connectivity index is 1.32. The maximum absolute atomic E-state index is 5.83. The second-order valence-electron chi connectivity index (χ2n) is 7.03. The summed E-state index contributed by atoms with van der Waals surface area (Å²) in [4.78, 5) is 8.84. The molecule has 0 aliphatic heterocycles. The maximum atomic E-state index is 5.83. The van der Waals surface area contributed by atoms with Gasteiger partial charge in [-0.3, -0.25) is 0 Å². The number of aryl methyl sites for hydroxylation is 1. The van der Waals surface area contributed by atoms with Crippen LogP contribution in [-0.2, 0) is 13.2 Å². The minimum atomic E-state index is 0.543. The van der Waals surface area contributed by atoms with Crippen molar-refractivity contribution in [3.63, 3.8) is 0 Å². The molecule has 150 valence electrons. The molecule has 5 nitrogen and oxygen atoms in total. The SMILES string of the molecule is Cc1ccc(CNc2ccnc(Nc3ccc(OCc4ccccc4)cc3)n2)cc1. The molecule has 0 fully saturated rings. The Morgan fingerprint density at radius 1 is 0.800 bits per heavy atom. The third-order valence-corrected chi connectivity index (χ3v) is 4.61. The summed E-state index contributed by atoms with van der Waals surface area (Å²) >= 11 is 0. The largest absolute Gasteiger partial charge is 0.489 e. The van der Waals surface area contributed by atoms with Gasteiger partial charge in [0, 0.05) is 18.4 Å². The van der Waals surface area contributed by atoms with Crippen LogP contribution in [0.4, 0.5) is 17.5 Å². The average molecular weight is 396 g/mol. The lowest BCUT2D eigenvalue weighted by molar-refractivity contribution is 0.306. The molecule has 30 heavy (non-hydrogen) atoms. The van der Waals surface area contributed by atoms with Crippen LogP contribution >= 0.6 is 0 Å². The van der Waals surface area contributed by atoms with Crippen molar-refractivity contribution in [2.75, 3.05) is 10.6 Å². The number of benzene rings is 3. The van der Waals surface area contributed by atoms with Gasteiger partial charge in [-0.05, 0) is 48.4 Å². The standard InChI is InChI=1S/C25H24N4O/c1-19-7-9-20(10-8-19)17-27-24-15-16-26-25(29-24)28-22-11-13-23(14-12-22)30-18-21-5-3-2-4-6-21/h2-16H,17-18H2,1H3,(H2,26,27,28,29). The van der Waals surface area contributed by atoms with Gasteiger partial charge >= 0.3 is 0 Å². The summed E-state index contributed by atoms with van der Waals surface area (Å²) in [6, 6.07) is 28.2. The van der Waals surface area contributed by atoms with Gasteiger partial charge < -0.3 is 15.4 Å². The number of hydrogen-bond acceptors (Lipinski definition) is 5. The third kappa shape index (κ3) is 5.58. The lowest BCUT2D eigenvalue weighted by Gasteiger charge is -2.10. The van der Waals surface area contributed by atoms with Gasteiger partial charge in [-0.1, -0.05) is 60.2 Å². The summed E-state index contributed by atoms with van der Waals surface area (Å²) in [6.07, 6.45) is 1.74. The second-order valence-corrected chi connectivity index (χ2v) is 7.03. The Hall–Kier alpha value is -3.86. The van der Waals surface area contributed by atoms with Crippen LogP contribution in [0.1, 0.15) is 16.7 Å². The van der Waals surface area contributed by atoms with Crippen molar-refractivity contribution >= 4 is 17.5 Å². The normalized spacial score (nSPS) is 10.4. The van der Waals surface area contributed by atoms with Crippen molar-refractivity contribution < 1.29 is 4.74 Å². The molecule has 4 rings (SSSR count). The highest BCUT2D eigenvalue weighted by molar-refractivity contribution is 5.55. The van der Waals surface area contributed by atoms with Crippen molar-refractivity contribution in [1.82, 2.24) is 9.97 Å². The van der Waals surface area contributed by atoms with Gasteiger partial charge in [-0.2, -0.15) is 4.98 Å². The van der Waals surface area contributed by atoms with Crippen LogP contribution in [0.5, 0.6) is 5.75 Å². The first kappa shape index (κ1) is 19.5. The van der Waals surface area contributed by atoms with Gasteiger partial charge in [0.2, 0.25) is 5.95 Å². The van der Waals surface area contributed by atoms with Crippen molar-refractivity contribution in [2.45, 2.75) is 20.1 Å². The minimum Gasteiger partial charge on any atom is -0.489 e. The molecular formula is C25H24N4O. The van der Waals surface area contributed by atoms with E-state index in [1.807, 2.05) is 60.7 Å². The topological polar surface area (TPSA) is 59.1 Å². The van der Waals surface area contributed by atoms with Crippen molar-refractivity contribution in [2.24, 2.45) is 0 Å². The van der Waals surface area contributed by atoms with Gasteiger partial charge in [0.25, 0.3) is 0 Å². The molecule has 5 heteroatoms. The fourth-order valence-corrected chi connectivity index (χ4v) is 2.92. The van der Waals surface area contributed by atoms with Gasteiger partial charge in [-0.15, -0.1) is 0 Å². The quantitative estimate of drug-likeness (QED) is 0.399. The molecule has 4 aromatic rings. The smallest absolute Gasteiger partial charge is 0.229 e. The van der Waals surface area contributed by atoms with E-state index in [1.54, 1.807) is 6.20 Å². The van der Waals surface area contributed by atoms with E-state index in [2.05, 4.69) is 51.8 Å². The zero-order chi connectivity index (χ0) is 20.6. The number of hydrogen-bond donors (Lipinski definition) is 2. The van der Waals surface area contributed by atoms with E-state index in [1.165, 1.54) is 11.1 Å². The van der Waals surface area contributed by atoms with Crippen LogP contribution in [-0.4, -0.2) is 9.97 Å². The molecule has 0 unspecified atom stereocenters. The lowest BCUT2D eigenvalue weighted by atomic mass is 10.1. The number of aromatic nitrogens is 2. The van der Waals surface area contributed by atoms with Crippen LogP contribution in [0.3, 0.4) is 0 Å². The van der Waals surface area contributed by atoms with E-state index in [0.717, 1.165) is 22.8 Å². The lowest BCUT2D eigenvalue weighted by Crippen LogP contribution is -2.04. The van der Waals surface area contributed by atoms with Gasteiger partial charge in [-0.25, -0.2) is 4.98 Å². The molecule has 0 saturated carbocycles. The van der Waals surface area contributed by atoms with E-state index in [-0.39, 0.29) is 0 Å². The zero-order valence-electron chi connectivity index (χ0n) is 16.9. The predicted octanol–water partition coefficient (Wildman–Crippen LogP) is 5.72. The van der Waals surface area contributed by atoms with E-state index >= 15 is 0 Å². The average Bonchev–Trinajstić information content (AvgIpc) is 2.79. The molecule has 1 aromatic heterocycles. The fraction of sp³-hybridized carbons (Fsp3) is 0.120. The Morgan fingerprint density at radius 2 is 1.57 bits per heavy atom. The molecule has 3 aromatic carbocycles. The highest BCUT2D eigenvalue weighted by Crippen LogP contribution is 2.20. The zero-order valence-corrected chi connectivity index (χ0v) is 16.9. The Bertz CT molecular complexity index is 1060. The summed E-state index contributed by atoms with van der Waals surface area (Å²) < 4.78 is 5.83. The van der Waals surface area contributed by atoms with Crippen molar-refractivity contribution in [1.29, 1.82) is 0 Å². The van der Waals surface area contributed by atoms with E-state index < -0.39 is 0 Å².